The Labute approximate surface area is 99.6 Å². The molecule has 2 rings (SSSR count). The Balaban J connectivity index is 2.06. The van der Waals surface area contributed by atoms with Crippen LogP contribution in [0.2, 0.25) is 0 Å². The normalized spacial score (nSPS) is 32.7. The van der Waals surface area contributed by atoms with Crippen LogP contribution < -0.4 is 0 Å². The van der Waals surface area contributed by atoms with Gasteiger partial charge in [-0.2, -0.15) is 0 Å². The number of carbonyl (C=O) groups is 2. The van der Waals surface area contributed by atoms with Crippen LogP contribution in [-0.2, 0) is 19.6 Å². The van der Waals surface area contributed by atoms with Gasteiger partial charge in [-0.25, -0.2) is 12.7 Å². The smallest absolute Gasteiger partial charge is 0.306 e. The number of carboxylic acid groups (broad SMARTS) is 1. The van der Waals surface area contributed by atoms with Crippen molar-refractivity contribution in [3.05, 3.63) is 0 Å². The van der Waals surface area contributed by atoms with Gasteiger partial charge in [-0.3, -0.25) is 9.59 Å². The van der Waals surface area contributed by atoms with Crippen molar-refractivity contribution in [3.63, 3.8) is 0 Å². The van der Waals surface area contributed by atoms with Crippen molar-refractivity contribution >= 4 is 21.9 Å². The molecule has 0 unspecified atom stereocenters. The zero-order valence-electron chi connectivity index (χ0n) is 9.33. The minimum absolute atomic E-state index is 0.0567. The van der Waals surface area contributed by atoms with Gasteiger partial charge in [-0.15, -0.1) is 0 Å². The third kappa shape index (κ3) is 2.29. The Kier molecular flexibility index (Phi) is 3.11. The van der Waals surface area contributed by atoms with Crippen LogP contribution in [0.1, 0.15) is 32.1 Å². The van der Waals surface area contributed by atoms with E-state index in [1.165, 1.54) is 0 Å². The fraction of sp³-hybridized carbons (Fsp3) is 0.800. The van der Waals surface area contributed by atoms with Crippen molar-refractivity contribution in [2.45, 2.75) is 38.1 Å². The maximum atomic E-state index is 11.7. The molecule has 0 aromatic carbocycles. The van der Waals surface area contributed by atoms with E-state index >= 15 is 0 Å². The van der Waals surface area contributed by atoms with Gasteiger partial charge >= 0.3 is 5.97 Å². The molecule has 1 aliphatic heterocycles. The quantitative estimate of drug-likeness (QED) is 0.766. The van der Waals surface area contributed by atoms with Gasteiger partial charge in [0.1, 0.15) is 0 Å². The monoisotopic (exact) mass is 261 g/mol. The summed E-state index contributed by atoms with van der Waals surface area (Å²) in [7, 11) is -3.44. The van der Waals surface area contributed by atoms with E-state index in [0.29, 0.717) is 25.7 Å². The second-order valence-electron chi connectivity index (χ2n) is 4.60. The summed E-state index contributed by atoms with van der Waals surface area (Å²) in [6, 6.07) is -0.328. The molecule has 17 heavy (non-hydrogen) atoms. The SMILES string of the molecule is O=C(O)C1CCC(N2C(=O)CCS2(=O)=O)CC1. The van der Waals surface area contributed by atoms with Crippen LogP contribution in [0.4, 0.5) is 0 Å². The number of carboxylic acids is 1. The molecule has 0 aromatic heterocycles. The summed E-state index contributed by atoms with van der Waals surface area (Å²) in [6.45, 7) is 0. The molecule has 0 atom stereocenters. The fourth-order valence-corrected chi connectivity index (χ4v) is 4.26. The third-order valence-corrected chi connectivity index (χ3v) is 5.32. The number of amides is 1. The standard InChI is InChI=1S/C10H15NO5S/c12-9-5-6-17(15,16)11(9)8-3-1-7(2-4-8)10(13)14/h7-8H,1-6H2,(H,13,14). The van der Waals surface area contributed by atoms with E-state index in [9.17, 15) is 18.0 Å². The van der Waals surface area contributed by atoms with Crippen molar-refractivity contribution in [2.75, 3.05) is 5.75 Å². The first-order valence-corrected chi connectivity index (χ1v) is 7.30. The van der Waals surface area contributed by atoms with Gasteiger partial charge in [0, 0.05) is 12.5 Å². The maximum absolute atomic E-state index is 11.7. The summed E-state index contributed by atoms with van der Waals surface area (Å²) in [6.07, 6.45) is 1.86. The molecule has 1 heterocycles. The van der Waals surface area contributed by atoms with Crippen LogP contribution in [0.25, 0.3) is 0 Å². The van der Waals surface area contributed by atoms with Crippen LogP contribution in [0.3, 0.4) is 0 Å². The molecule has 0 radical (unpaired) electrons. The molecule has 2 aliphatic rings. The van der Waals surface area contributed by atoms with E-state index in [1.54, 1.807) is 0 Å². The van der Waals surface area contributed by atoms with Crippen molar-refractivity contribution in [1.29, 1.82) is 0 Å². The number of hydrogen-bond acceptors (Lipinski definition) is 4. The number of hydrogen-bond donors (Lipinski definition) is 1. The molecule has 96 valence electrons. The van der Waals surface area contributed by atoms with Gasteiger partial charge in [0.25, 0.3) is 0 Å². The van der Waals surface area contributed by atoms with Crippen molar-refractivity contribution in [3.8, 4) is 0 Å². The zero-order chi connectivity index (χ0) is 12.6. The molecule has 1 N–H and O–H groups in total. The van der Waals surface area contributed by atoms with Gasteiger partial charge in [-0.1, -0.05) is 0 Å². The summed E-state index contributed by atoms with van der Waals surface area (Å²) >= 11 is 0. The van der Waals surface area contributed by atoms with E-state index in [1.807, 2.05) is 0 Å². The van der Waals surface area contributed by atoms with Crippen LogP contribution >= 0.6 is 0 Å². The van der Waals surface area contributed by atoms with Gasteiger partial charge in [0.05, 0.1) is 11.7 Å². The van der Waals surface area contributed by atoms with E-state index in [2.05, 4.69) is 0 Å². The summed E-state index contributed by atoms with van der Waals surface area (Å²) in [4.78, 5) is 22.3. The Bertz CT molecular complexity index is 436. The van der Waals surface area contributed by atoms with E-state index in [4.69, 9.17) is 5.11 Å². The van der Waals surface area contributed by atoms with Crippen LogP contribution in [0.15, 0.2) is 0 Å². The van der Waals surface area contributed by atoms with E-state index in [-0.39, 0.29) is 24.1 Å². The summed E-state index contributed by atoms with van der Waals surface area (Å²) in [5.74, 6) is -1.68. The molecule has 0 aromatic rings. The molecule has 1 amide bonds. The first-order chi connectivity index (χ1) is 7.92. The molecular formula is C10H15NO5S. The lowest BCUT2D eigenvalue weighted by molar-refractivity contribution is -0.143. The first kappa shape index (κ1) is 12.3. The second kappa shape index (κ2) is 4.29. The number of carbonyl (C=O) groups excluding carboxylic acids is 1. The molecule has 1 saturated heterocycles. The van der Waals surface area contributed by atoms with E-state index < -0.39 is 21.9 Å². The van der Waals surface area contributed by atoms with Gasteiger partial charge in [0.2, 0.25) is 15.9 Å². The first-order valence-electron chi connectivity index (χ1n) is 5.69. The minimum atomic E-state index is -3.44. The highest BCUT2D eigenvalue weighted by atomic mass is 32.2. The van der Waals surface area contributed by atoms with E-state index in [0.717, 1.165) is 4.31 Å². The lowest BCUT2D eigenvalue weighted by Gasteiger charge is -2.32. The molecule has 1 saturated carbocycles. The predicted molar refractivity (Wildman–Crippen MR) is 58.6 cm³/mol. The Morgan fingerprint density at radius 3 is 2.24 bits per heavy atom. The highest BCUT2D eigenvalue weighted by Crippen LogP contribution is 2.31. The second-order valence-corrected chi connectivity index (χ2v) is 6.56. The summed E-state index contributed by atoms with van der Waals surface area (Å²) in [5, 5.41) is 8.85. The molecule has 0 bridgehead atoms. The largest absolute Gasteiger partial charge is 0.481 e. The van der Waals surface area contributed by atoms with Crippen LogP contribution in [0, 0.1) is 5.92 Å². The number of sulfonamides is 1. The van der Waals surface area contributed by atoms with Gasteiger partial charge in [0.15, 0.2) is 0 Å². The minimum Gasteiger partial charge on any atom is -0.481 e. The highest BCUT2D eigenvalue weighted by Gasteiger charge is 2.41. The van der Waals surface area contributed by atoms with Crippen molar-refractivity contribution in [2.24, 2.45) is 5.92 Å². The van der Waals surface area contributed by atoms with Crippen molar-refractivity contribution < 1.29 is 23.1 Å². The van der Waals surface area contributed by atoms with Gasteiger partial charge < -0.3 is 5.11 Å². The molecular weight excluding hydrogens is 246 g/mol. The fourth-order valence-electron chi connectivity index (χ4n) is 2.57. The lowest BCUT2D eigenvalue weighted by Crippen LogP contribution is -2.42. The third-order valence-electron chi connectivity index (χ3n) is 3.50. The summed E-state index contributed by atoms with van der Waals surface area (Å²) in [5.41, 5.74) is 0. The van der Waals surface area contributed by atoms with Gasteiger partial charge in [-0.05, 0) is 25.7 Å². The zero-order valence-corrected chi connectivity index (χ0v) is 10.1. The maximum Gasteiger partial charge on any atom is 0.306 e. The lowest BCUT2D eigenvalue weighted by atomic mass is 9.86. The van der Waals surface area contributed by atoms with Crippen LogP contribution in [-0.4, -0.2) is 41.5 Å². The Hall–Kier alpha value is -1.11. The average molecular weight is 261 g/mol. The molecule has 1 aliphatic carbocycles. The topological polar surface area (TPSA) is 91.8 Å². The number of aliphatic carboxylic acids is 1. The van der Waals surface area contributed by atoms with Crippen LogP contribution in [0.5, 0.6) is 0 Å². The Morgan fingerprint density at radius 2 is 1.82 bits per heavy atom. The van der Waals surface area contributed by atoms with Crippen molar-refractivity contribution in [1.82, 2.24) is 4.31 Å². The highest BCUT2D eigenvalue weighted by molar-refractivity contribution is 7.90. The number of nitrogens with zero attached hydrogens (tertiary/aromatic N) is 1. The molecule has 7 heteroatoms. The summed E-state index contributed by atoms with van der Waals surface area (Å²) < 4.78 is 24.3. The number of rotatable bonds is 2. The predicted octanol–water partition coefficient (Wildman–Crippen LogP) is 0.192. The average Bonchev–Trinajstić information content (AvgIpc) is 2.53. The Morgan fingerprint density at radius 1 is 1.24 bits per heavy atom. The molecule has 2 fully saturated rings. The molecule has 6 nitrogen and oxygen atoms in total. The molecule has 0 spiro atoms.